The number of phenolic OH excluding ortho intramolecular Hbond substituents is 1. The van der Waals surface area contributed by atoms with Crippen molar-refractivity contribution in [1.29, 1.82) is 0 Å². The SMILES string of the molecule is O=C(NN=Cc1ccccc1Br)c1cc2ccccc2cc1O. The van der Waals surface area contributed by atoms with E-state index >= 15 is 0 Å². The van der Waals surface area contributed by atoms with Crippen LogP contribution in [0.25, 0.3) is 10.8 Å². The van der Waals surface area contributed by atoms with Gasteiger partial charge in [-0.2, -0.15) is 5.10 Å². The molecule has 3 rings (SSSR count). The zero-order chi connectivity index (χ0) is 16.2. The van der Waals surface area contributed by atoms with Crippen LogP contribution in [0.3, 0.4) is 0 Å². The van der Waals surface area contributed by atoms with Gasteiger partial charge in [0.05, 0.1) is 11.8 Å². The topological polar surface area (TPSA) is 61.7 Å². The molecule has 0 radical (unpaired) electrons. The zero-order valence-corrected chi connectivity index (χ0v) is 13.6. The maximum Gasteiger partial charge on any atom is 0.275 e. The summed E-state index contributed by atoms with van der Waals surface area (Å²) in [5, 5.41) is 15.7. The van der Waals surface area contributed by atoms with E-state index in [0.717, 1.165) is 20.8 Å². The number of rotatable bonds is 3. The maximum absolute atomic E-state index is 12.2. The van der Waals surface area contributed by atoms with E-state index in [9.17, 15) is 9.90 Å². The fourth-order valence-electron chi connectivity index (χ4n) is 2.21. The smallest absolute Gasteiger partial charge is 0.275 e. The molecule has 0 saturated carbocycles. The molecule has 0 aromatic heterocycles. The lowest BCUT2D eigenvalue weighted by Crippen LogP contribution is -2.17. The van der Waals surface area contributed by atoms with E-state index in [2.05, 4.69) is 26.5 Å². The highest BCUT2D eigenvalue weighted by molar-refractivity contribution is 9.10. The Bertz CT molecular complexity index is 906. The average molecular weight is 369 g/mol. The monoisotopic (exact) mass is 368 g/mol. The minimum atomic E-state index is -0.462. The van der Waals surface area contributed by atoms with Crippen molar-refractivity contribution in [3.05, 3.63) is 76.3 Å². The molecular weight excluding hydrogens is 356 g/mol. The second-order valence-electron chi connectivity index (χ2n) is 4.94. The van der Waals surface area contributed by atoms with Gasteiger partial charge in [-0.05, 0) is 29.0 Å². The first kappa shape index (κ1) is 15.2. The van der Waals surface area contributed by atoms with Gasteiger partial charge >= 0.3 is 0 Å². The number of nitrogens with one attached hydrogen (secondary N) is 1. The van der Waals surface area contributed by atoms with Crippen molar-refractivity contribution in [1.82, 2.24) is 5.43 Å². The molecule has 0 heterocycles. The summed E-state index contributed by atoms with van der Waals surface area (Å²) in [6.07, 6.45) is 1.54. The Balaban J connectivity index is 1.81. The van der Waals surface area contributed by atoms with Crippen molar-refractivity contribution < 1.29 is 9.90 Å². The Morgan fingerprint density at radius 2 is 1.70 bits per heavy atom. The molecule has 23 heavy (non-hydrogen) atoms. The first-order valence-electron chi connectivity index (χ1n) is 6.95. The molecule has 0 unspecified atom stereocenters. The van der Waals surface area contributed by atoms with Gasteiger partial charge in [0.25, 0.3) is 5.91 Å². The summed E-state index contributed by atoms with van der Waals surface area (Å²) < 4.78 is 0.881. The van der Waals surface area contributed by atoms with E-state index in [1.165, 1.54) is 0 Å². The van der Waals surface area contributed by atoms with Gasteiger partial charge in [0.1, 0.15) is 5.75 Å². The van der Waals surface area contributed by atoms with Crippen LogP contribution >= 0.6 is 15.9 Å². The van der Waals surface area contributed by atoms with Crippen LogP contribution in [-0.2, 0) is 0 Å². The summed E-state index contributed by atoms with van der Waals surface area (Å²) in [6.45, 7) is 0. The molecule has 0 spiro atoms. The molecule has 0 fully saturated rings. The van der Waals surface area contributed by atoms with Crippen molar-refractivity contribution in [2.45, 2.75) is 0 Å². The molecular formula is C18H13BrN2O2. The molecule has 0 bridgehead atoms. The molecule has 1 amide bonds. The number of fused-ring (bicyclic) bond motifs is 1. The Labute approximate surface area is 141 Å². The number of hydrogen-bond donors (Lipinski definition) is 2. The minimum Gasteiger partial charge on any atom is -0.507 e. The predicted molar refractivity (Wildman–Crippen MR) is 94.8 cm³/mol. The summed E-state index contributed by atoms with van der Waals surface area (Å²) in [5.41, 5.74) is 3.46. The molecule has 0 atom stereocenters. The number of hydrazone groups is 1. The number of carbonyl (C=O) groups excluding carboxylic acids is 1. The van der Waals surface area contributed by atoms with Gasteiger partial charge in [0, 0.05) is 10.0 Å². The lowest BCUT2D eigenvalue weighted by molar-refractivity contribution is 0.0952. The van der Waals surface area contributed by atoms with Crippen LogP contribution in [0.1, 0.15) is 15.9 Å². The van der Waals surface area contributed by atoms with E-state index in [-0.39, 0.29) is 11.3 Å². The van der Waals surface area contributed by atoms with Crippen molar-refractivity contribution in [2.75, 3.05) is 0 Å². The first-order valence-corrected chi connectivity index (χ1v) is 7.74. The number of amides is 1. The molecule has 3 aromatic rings. The summed E-state index contributed by atoms with van der Waals surface area (Å²) in [4.78, 5) is 12.2. The minimum absolute atomic E-state index is 0.0720. The summed E-state index contributed by atoms with van der Waals surface area (Å²) in [5.74, 6) is -0.533. The third-order valence-electron chi connectivity index (χ3n) is 3.38. The van der Waals surface area contributed by atoms with Crippen LogP contribution in [0.4, 0.5) is 0 Å². The number of nitrogens with zero attached hydrogens (tertiary/aromatic N) is 1. The number of aromatic hydroxyl groups is 1. The van der Waals surface area contributed by atoms with Crippen LogP contribution in [0.5, 0.6) is 5.75 Å². The Morgan fingerprint density at radius 1 is 1.04 bits per heavy atom. The van der Waals surface area contributed by atoms with E-state index < -0.39 is 5.91 Å². The number of phenols is 1. The van der Waals surface area contributed by atoms with E-state index in [4.69, 9.17) is 0 Å². The van der Waals surface area contributed by atoms with Crippen LogP contribution in [0.2, 0.25) is 0 Å². The Kier molecular flexibility index (Phi) is 4.39. The highest BCUT2D eigenvalue weighted by atomic mass is 79.9. The van der Waals surface area contributed by atoms with Crippen LogP contribution in [0.15, 0.2) is 70.2 Å². The van der Waals surface area contributed by atoms with Gasteiger partial charge in [-0.15, -0.1) is 0 Å². The maximum atomic E-state index is 12.2. The molecule has 3 aromatic carbocycles. The average Bonchev–Trinajstić information content (AvgIpc) is 2.56. The van der Waals surface area contributed by atoms with E-state index in [1.807, 2.05) is 48.5 Å². The summed E-state index contributed by atoms with van der Waals surface area (Å²) >= 11 is 3.40. The first-order chi connectivity index (χ1) is 11.1. The third kappa shape index (κ3) is 3.40. The molecule has 0 aliphatic carbocycles. The zero-order valence-electron chi connectivity index (χ0n) is 12.0. The lowest BCUT2D eigenvalue weighted by Gasteiger charge is -2.05. The fourth-order valence-corrected chi connectivity index (χ4v) is 2.60. The molecule has 4 nitrogen and oxygen atoms in total. The van der Waals surface area contributed by atoms with Gasteiger partial charge in [-0.1, -0.05) is 58.4 Å². The lowest BCUT2D eigenvalue weighted by atomic mass is 10.1. The number of carbonyl (C=O) groups is 1. The van der Waals surface area contributed by atoms with Crippen molar-refractivity contribution >= 4 is 38.8 Å². The molecule has 0 saturated heterocycles. The Morgan fingerprint density at radius 3 is 2.43 bits per heavy atom. The largest absolute Gasteiger partial charge is 0.507 e. The van der Waals surface area contributed by atoms with Gasteiger partial charge in [0.2, 0.25) is 0 Å². The number of hydrogen-bond acceptors (Lipinski definition) is 3. The van der Waals surface area contributed by atoms with Gasteiger partial charge in [0.15, 0.2) is 0 Å². The van der Waals surface area contributed by atoms with E-state index in [0.29, 0.717) is 0 Å². The van der Waals surface area contributed by atoms with Crippen LogP contribution in [0, 0.1) is 0 Å². The van der Waals surface area contributed by atoms with E-state index in [1.54, 1.807) is 18.3 Å². The predicted octanol–water partition coefficient (Wildman–Crippen LogP) is 4.07. The summed E-state index contributed by atoms with van der Waals surface area (Å²) in [6, 6.07) is 18.3. The number of halogens is 1. The van der Waals surface area contributed by atoms with Crippen LogP contribution in [-0.4, -0.2) is 17.2 Å². The molecule has 5 heteroatoms. The third-order valence-corrected chi connectivity index (χ3v) is 4.11. The van der Waals surface area contributed by atoms with Gasteiger partial charge in [-0.25, -0.2) is 5.43 Å². The standard InChI is InChI=1S/C18H13BrN2O2/c19-16-8-4-3-7-14(16)11-20-21-18(23)15-9-12-5-1-2-6-13(12)10-17(15)22/h1-11,22H,(H,21,23). The molecule has 0 aliphatic rings. The normalized spacial score (nSPS) is 11.0. The Hall–Kier alpha value is -2.66. The highest BCUT2D eigenvalue weighted by Crippen LogP contribution is 2.24. The quantitative estimate of drug-likeness (QED) is 0.540. The molecule has 114 valence electrons. The van der Waals surface area contributed by atoms with Crippen molar-refractivity contribution in [3.8, 4) is 5.75 Å². The number of benzene rings is 3. The molecule has 0 aliphatic heterocycles. The van der Waals surface area contributed by atoms with Gasteiger partial charge < -0.3 is 5.11 Å². The second kappa shape index (κ2) is 6.62. The fraction of sp³-hybridized carbons (Fsp3) is 0. The van der Waals surface area contributed by atoms with Gasteiger partial charge in [-0.3, -0.25) is 4.79 Å². The van der Waals surface area contributed by atoms with Crippen molar-refractivity contribution in [2.24, 2.45) is 5.10 Å². The molecule has 2 N–H and O–H groups in total. The highest BCUT2D eigenvalue weighted by Gasteiger charge is 2.11. The second-order valence-corrected chi connectivity index (χ2v) is 5.79. The van der Waals surface area contributed by atoms with Crippen LogP contribution < -0.4 is 5.43 Å². The summed E-state index contributed by atoms with van der Waals surface area (Å²) in [7, 11) is 0. The van der Waals surface area contributed by atoms with Crippen molar-refractivity contribution in [3.63, 3.8) is 0 Å².